The Labute approximate surface area is 127 Å². The van der Waals surface area contributed by atoms with E-state index in [1.807, 2.05) is 0 Å². The molecule has 0 atom stereocenters. The van der Waals surface area contributed by atoms with E-state index in [2.05, 4.69) is 39.8 Å². The molecule has 1 nitrogen and oxygen atoms in total. The second kappa shape index (κ2) is 9.59. The van der Waals surface area contributed by atoms with Crippen LogP contribution in [0, 0.1) is 0 Å². The van der Waals surface area contributed by atoms with Gasteiger partial charge in [-0.25, -0.2) is 0 Å². The van der Waals surface area contributed by atoms with E-state index < -0.39 is 5.96 Å². The molecule has 0 fully saturated rings. The predicted octanol–water partition coefficient (Wildman–Crippen LogP) is 5.66. The number of halogens is 1. The first-order chi connectivity index (χ1) is 8.90. The second-order valence-electron chi connectivity index (χ2n) is 6.58. The average Bonchev–Trinajstić information content (AvgIpc) is 2.40. The molecule has 3 heteroatoms. The van der Waals surface area contributed by atoms with E-state index in [1.54, 1.807) is 0 Å². The van der Waals surface area contributed by atoms with Gasteiger partial charge in [0.25, 0.3) is 0 Å². The first kappa shape index (κ1) is 19.7. The minimum atomic E-state index is -1.97. The molecule has 0 N–H and O–H groups in total. The molecule has 19 heavy (non-hydrogen) atoms. The van der Waals surface area contributed by atoms with Gasteiger partial charge in [-0.2, -0.15) is 0 Å². The molecule has 0 aromatic carbocycles. The van der Waals surface area contributed by atoms with Gasteiger partial charge in [-0.1, -0.05) is 0 Å². The van der Waals surface area contributed by atoms with Gasteiger partial charge in [0.1, 0.15) is 0 Å². The molecule has 0 radical (unpaired) electrons. The fourth-order valence-electron chi connectivity index (χ4n) is 2.78. The van der Waals surface area contributed by atoms with Crippen molar-refractivity contribution in [1.29, 1.82) is 0 Å². The molecular formula is C16H37ClNP. The Morgan fingerprint density at radius 1 is 0.737 bits per heavy atom. The van der Waals surface area contributed by atoms with Crippen LogP contribution in [0.1, 0.15) is 59.3 Å². The third-order valence-electron chi connectivity index (χ3n) is 4.32. The summed E-state index contributed by atoms with van der Waals surface area (Å²) in [5.41, 5.74) is 0. The molecule has 0 aromatic heterocycles. The standard InChI is InChI=1S/C16H37ClNP/c1-6-9-13-19(17,14-10-7-2,15-11-8-3)16-12-18(4)5/h6-16H2,1-5H3. The van der Waals surface area contributed by atoms with E-state index in [4.69, 9.17) is 11.2 Å². The number of nitrogens with zero attached hydrogens (tertiary/aromatic N) is 1. The molecule has 0 heterocycles. The second-order valence-corrected chi connectivity index (χ2v) is 14.9. The summed E-state index contributed by atoms with van der Waals surface area (Å²) in [4.78, 5) is 2.31. The van der Waals surface area contributed by atoms with Crippen molar-refractivity contribution >= 4 is 17.2 Å². The Bertz CT molecular complexity index is 206. The normalized spacial score (nSPS) is 14.6. The minimum absolute atomic E-state index is 1.17. The zero-order chi connectivity index (χ0) is 14.8. The van der Waals surface area contributed by atoms with Crippen molar-refractivity contribution in [3.05, 3.63) is 0 Å². The summed E-state index contributed by atoms with van der Waals surface area (Å²) in [5, 5.41) is 0. The summed E-state index contributed by atoms with van der Waals surface area (Å²) in [6.45, 7) is 8.05. The summed E-state index contributed by atoms with van der Waals surface area (Å²) in [6, 6.07) is 0. The molecule has 0 aliphatic rings. The number of hydrogen-bond donors (Lipinski definition) is 0. The Hall–Kier alpha value is 0.680. The Morgan fingerprint density at radius 2 is 1.11 bits per heavy atom. The third kappa shape index (κ3) is 7.88. The first-order valence-corrected chi connectivity index (χ1v) is 12.1. The first-order valence-electron chi connectivity index (χ1n) is 8.27. The van der Waals surface area contributed by atoms with Crippen molar-refractivity contribution in [2.24, 2.45) is 0 Å². The molecule has 0 saturated carbocycles. The van der Waals surface area contributed by atoms with Gasteiger partial charge in [-0.05, 0) is 0 Å². The van der Waals surface area contributed by atoms with Crippen LogP contribution < -0.4 is 0 Å². The van der Waals surface area contributed by atoms with Crippen molar-refractivity contribution in [2.45, 2.75) is 59.3 Å². The summed E-state index contributed by atoms with van der Waals surface area (Å²) in [5.74, 6) is -1.97. The monoisotopic (exact) mass is 309 g/mol. The third-order valence-corrected chi connectivity index (χ3v) is 12.0. The predicted molar refractivity (Wildman–Crippen MR) is 95.5 cm³/mol. The molecule has 0 spiro atoms. The molecule has 118 valence electrons. The summed E-state index contributed by atoms with van der Waals surface area (Å²) >= 11 is 7.48. The van der Waals surface area contributed by atoms with Crippen molar-refractivity contribution < 1.29 is 0 Å². The van der Waals surface area contributed by atoms with Crippen LogP contribution in [0.25, 0.3) is 0 Å². The van der Waals surface area contributed by atoms with E-state index >= 15 is 0 Å². The topological polar surface area (TPSA) is 3.24 Å². The van der Waals surface area contributed by atoms with Gasteiger partial charge in [-0.3, -0.25) is 0 Å². The maximum atomic E-state index is 7.48. The van der Waals surface area contributed by atoms with Gasteiger partial charge < -0.3 is 0 Å². The molecular weight excluding hydrogens is 273 g/mol. The van der Waals surface area contributed by atoms with Gasteiger partial charge in [0.2, 0.25) is 0 Å². The molecule has 0 aliphatic carbocycles. The number of rotatable bonds is 12. The van der Waals surface area contributed by atoms with Crippen LogP contribution in [0.15, 0.2) is 0 Å². The van der Waals surface area contributed by atoms with Crippen LogP contribution in [0.3, 0.4) is 0 Å². The summed E-state index contributed by atoms with van der Waals surface area (Å²) < 4.78 is 0. The average molecular weight is 310 g/mol. The zero-order valence-electron chi connectivity index (χ0n) is 14.1. The van der Waals surface area contributed by atoms with Crippen LogP contribution in [0.4, 0.5) is 0 Å². The molecule has 0 bridgehead atoms. The van der Waals surface area contributed by atoms with E-state index in [9.17, 15) is 0 Å². The Morgan fingerprint density at radius 3 is 1.37 bits per heavy atom. The Balaban J connectivity index is 4.92. The van der Waals surface area contributed by atoms with Crippen LogP contribution in [-0.4, -0.2) is 50.2 Å². The van der Waals surface area contributed by atoms with Gasteiger partial charge in [0.05, 0.1) is 0 Å². The fraction of sp³-hybridized carbons (Fsp3) is 1.00. The maximum absolute atomic E-state index is 7.48. The van der Waals surface area contributed by atoms with Gasteiger partial charge in [0.15, 0.2) is 0 Å². The van der Waals surface area contributed by atoms with Crippen LogP contribution in [-0.2, 0) is 0 Å². The van der Waals surface area contributed by atoms with Crippen molar-refractivity contribution in [3.8, 4) is 0 Å². The molecule has 0 aromatic rings. The van der Waals surface area contributed by atoms with Crippen molar-refractivity contribution in [3.63, 3.8) is 0 Å². The Kier molecular flexibility index (Phi) is 9.93. The van der Waals surface area contributed by atoms with E-state index in [1.165, 1.54) is 69.7 Å². The van der Waals surface area contributed by atoms with Gasteiger partial charge in [-0.15, -0.1) is 0 Å². The van der Waals surface area contributed by atoms with Crippen molar-refractivity contribution in [1.82, 2.24) is 4.90 Å². The van der Waals surface area contributed by atoms with E-state index in [0.717, 1.165) is 0 Å². The molecule has 0 aliphatic heterocycles. The summed E-state index contributed by atoms with van der Waals surface area (Å²) in [6.07, 6.45) is 13.0. The molecule has 0 rings (SSSR count). The van der Waals surface area contributed by atoms with Gasteiger partial charge in [0, 0.05) is 0 Å². The quantitative estimate of drug-likeness (QED) is 0.421. The van der Waals surface area contributed by atoms with Crippen molar-refractivity contribution in [2.75, 3.05) is 45.3 Å². The van der Waals surface area contributed by atoms with E-state index in [-0.39, 0.29) is 0 Å². The van der Waals surface area contributed by atoms with Crippen LogP contribution in [0.5, 0.6) is 0 Å². The van der Waals surface area contributed by atoms with Crippen LogP contribution >= 0.6 is 17.2 Å². The van der Waals surface area contributed by atoms with Gasteiger partial charge >= 0.3 is 127 Å². The molecule has 0 saturated heterocycles. The molecule has 0 amide bonds. The molecule has 0 unspecified atom stereocenters. The number of unbranched alkanes of at least 4 members (excludes halogenated alkanes) is 3. The summed E-state index contributed by atoms with van der Waals surface area (Å²) in [7, 11) is 4.36. The fourth-order valence-corrected chi connectivity index (χ4v) is 9.64. The SMILES string of the molecule is CCCCP(Cl)(CCCC)(CCCC)CCN(C)C. The van der Waals surface area contributed by atoms with E-state index in [0.29, 0.717) is 0 Å². The number of hydrogen-bond acceptors (Lipinski definition) is 1. The zero-order valence-corrected chi connectivity index (χ0v) is 15.7. The van der Waals surface area contributed by atoms with Crippen LogP contribution in [0.2, 0.25) is 0 Å².